The molecule has 5 nitrogen and oxygen atoms in total. The Morgan fingerprint density at radius 3 is 2.12 bits per heavy atom. The van der Waals surface area contributed by atoms with Crippen molar-refractivity contribution in [1.82, 2.24) is 5.32 Å². The number of sulfonamides is 1. The normalized spacial score (nSPS) is 12.6. The summed E-state index contributed by atoms with van der Waals surface area (Å²) in [5, 5.41) is 3.04. The number of hydrogen-bond acceptors (Lipinski definition) is 3. The van der Waals surface area contributed by atoms with E-state index in [1.165, 1.54) is 17.0 Å². The van der Waals surface area contributed by atoms with Crippen molar-refractivity contribution < 1.29 is 13.2 Å². The number of benzene rings is 2. The first-order valence-electron chi connectivity index (χ1n) is 11.6. The van der Waals surface area contributed by atoms with Gasteiger partial charge in [0.15, 0.2) is 0 Å². The number of rotatable bonds is 12. The highest BCUT2D eigenvalue weighted by Crippen LogP contribution is 2.24. The summed E-state index contributed by atoms with van der Waals surface area (Å²) in [6.07, 6.45) is 5.75. The lowest BCUT2D eigenvalue weighted by atomic mass is 9.99. The molecule has 0 aromatic heterocycles. The molecule has 0 fully saturated rings. The fraction of sp³-hybridized carbons (Fsp3) is 0.500. The van der Waals surface area contributed by atoms with Gasteiger partial charge in [0.25, 0.3) is 5.91 Å². The molecule has 2 aromatic rings. The lowest BCUT2D eigenvalue weighted by Gasteiger charge is -2.23. The van der Waals surface area contributed by atoms with Gasteiger partial charge in [-0.05, 0) is 53.6 Å². The van der Waals surface area contributed by atoms with Crippen molar-refractivity contribution in [2.45, 2.75) is 65.8 Å². The number of carbonyl (C=O) groups excluding carboxylic acids is 1. The molecule has 0 unspecified atom stereocenters. The van der Waals surface area contributed by atoms with E-state index in [1.54, 1.807) is 12.1 Å². The standard InChI is InChI=1S/C26H38N2O3S/c1-6-8-9-21(7-2)18-27-26(29)24-12-10-22(11-13-24)19-28(32(5,30)31)25-16-14-23(15-17-25)20(3)4/h10-17,20-21H,6-9,18-19H2,1-5H3,(H,27,29)/t21-/m1/s1. The van der Waals surface area contributed by atoms with Gasteiger partial charge < -0.3 is 5.32 Å². The minimum atomic E-state index is -3.45. The second-order valence-electron chi connectivity index (χ2n) is 8.84. The molecule has 2 rings (SSSR count). The third-order valence-corrected chi connectivity index (χ3v) is 7.03. The third kappa shape index (κ3) is 7.66. The van der Waals surface area contributed by atoms with E-state index >= 15 is 0 Å². The summed E-state index contributed by atoms with van der Waals surface area (Å²) in [6.45, 7) is 9.45. The van der Waals surface area contributed by atoms with Crippen molar-refractivity contribution >= 4 is 21.6 Å². The van der Waals surface area contributed by atoms with Crippen LogP contribution in [0.5, 0.6) is 0 Å². The van der Waals surface area contributed by atoms with Crippen molar-refractivity contribution in [3.8, 4) is 0 Å². The number of nitrogens with zero attached hydrogens (tertiary/aromatic N) is 1. The van der Waals surface area contributed by atoms with Crippen molar-refractivity contribution in [1.29, 1.82) is 0 Å². The van der Waals surface area contributed by atoms with Crippen molar-refractivity contribution in [2.75, 3.05) is 17.1 Å². The number of unbranched alkanes of at least 4 members (excludes halogenated alkanes) is 1. The van der Waals surface area contributed by atoms with Crippen LogP contribution in [0, 0.1) is 5.92 Å². The molecule has 0 bridgehead atoms. The highest BCUT2D eigenvalue weighted by Gasteiger charge is 2.18. The molecule has 1 amide bonds. The quantitative estimate of drug-likeness (QED) is 0.442. The molecule has 176 valence electrons. The molecule has 2 aromatic carbocycles. The minimum Gasteiger partial charge on any atom is -0.352 e. The van der Waals surface area contributed by atoms with Crippen LogP contribution in [-0.2, 0) is 16.6 Å². The van der Waals surface area contributed by atoms with Crippen LogP contribution in [-0.4, -0.2) is 27.1 Å². The Bertz CT molecular complexity index is 952. The predicted molar refractivity (Wildman–Crippen MR) is 134 cm³/mol. The lowest BCUT2D eigenvalue weighted by Crippen LogP contribution is -2.30. The molecular formula is C26H38N2O3S. The van der Waals surface area contributed by atoms with Crippen LogP contribution in [0.4, 0.5) is 5.69 Å². The summed E-state index contributed by atoms with van der Waals surface area (Å²) in [7, 11) is -3.45. The first-order chi connectivity index (χ1) is 15.2. The van der Waals surface area contributed by atoms with Gasteiger partial charge in [-0.15, -0.1) is 0 Å². The molecule has 6 heteroatoms. The van der Waals surface area contributed by atoms with Gasteiger partial charge in [-0.2, -0.15) is 0 Å². The molecule has 0 saturated carbocycles. The number of hydrogen-bond donors (Lipinski definition) is 1. The summed E-state index contributed by atoms with van der Waals surface area (Å²) < 4.78 is 26.3. The van der Waals surface area contributed by atoms with E-state index < -0.39 is 10.0 Å². The van der Waals surface area contributed by atoms with Crippen LogP contribution in [0.2, 0.25) is 0 Å². The Morgan fingerprint density at radius 2 is 1.62 bits per heavy atom. The lowest BCUT2D eigenvalue weighted by molar-refractivity contribution is 0.0946. The average Bonchev–Trinajstić information content (AvgIpc) is 2.77. The molecule has 1 atom stereocenters. The average molecular weight is 459 g/mol. The maximum Gasteiger partial charge on any atom is 0.251 e. The molecule has 0 spiro atoms. The number of carbonyl (C=O) groups is 1. The Labute approximate surface area is 194 Å². The van der Waals surface area contributed by atoms with Crippen LogP contribution in [0.25, 0.3) is 0 Å². The molecule has 32 heavy (non-hydrogen) atoms. The maximum absolute atomic E-state index is 12.5. The zero-order valence-electron chi connectivity index (χ0n) is 20.1. The zero-order chi connectivity index (χ0) is 23.7. The van der Waals surface area contributed by atoms with Crippen LogP contribution in [0.1, 0.15) is 80.8 Å². The summed E-state index contributed by atoms with van der Waals surface area (Å²) >= 11 is 0. The van der Waals surface area contributed by atoms with Gasteiger partial charge in [0.1, 0.15) is 0 Å². The highest BCUT2D eigenvalue weighted by atomic mass is 32.2. The van der Waals surface area contributed by atoms with Gasteiger partial charge in [-0.25, -0.2) is 8.42 Å². The molecule has 0 saturated heterocycles. The first-order valence-corrected chi connectivity index (χ1v) is 13.4. The highest BCUT2D eigenvalue weighted by molar-refractivity contribution is 7.92. The second-order valence-corrected chi connectivity index (χ2v) is 10.7. The monoisotopic (exact) mass is 458 g/mol. The molecule has 0 aliphatic heterocycles. The van der Waals surface area contributed by atoms with Crippen LogP contribution in [0.15, 0.2) is 48.5 Å². The van der Waals surface area contributed by atoms with Crippen molar-refractivity contribution in [2.24, 2.45) is 5.92 Å². The minimum absolute atomic E-state index is 0.0873. The van der Waals surface area contributed by atoms with Gasteiger partial charge in [0, 0.05) is 12.1 Å². The topological polar surface area (TPSA) is 66.5 Å². The Kier molecular flexibility index (Phi) is 9.76. The van der Waals surface area contributed by atoms with Gasteiger partial charge >= 0.3 is 0 Å². The van der Waals surface area contributed by atoms with E-state index in [-0.39, 0.29) is 12.5 Å². The first kappa shape index (κ1) is 25.9. The largest absolute Gasteiger partial charge is 0.352 e. The van der Waals surface area contributed by atoms with Gasteiger partial charge in [0.2, 0.25) is 10.0 Å². The van der Waals surface area contributed by atoms with E-state index in [9.17, 15) is 13.2 Å². The fourth-order valence-electron chi connectivity index (χ4n) is 3.64. The molecule has 0 aliphatic rings. The summed E-state index contributed by atoms with van der Waals surface area (Å²) in [4.78, 5) is 12.5. The number of amides is 1. The van der Waals surface area contributed by atoms with Crippen LogP contribution in [0.3, 0.4) is 0 Å². The van der Waals surface area contributed by atoms with Crippen LogP contribution < -0.4 is 9.62 Å². The molecule has 0 aliphatic carbocycles. The zero-order valence-corrected chi connectivity index (χ0v) is 20.9. The van der Waals surface area contributed by atoms with Crippen molar-refractivity contribution in [3.05, 3.63) is 65.2 Å². The van der Waals surface area contributed by atoms with E-state index in [0.717, 1.165) is 30.4 Å². The predicted octanol–water partition coefficient (Wildman–Crippen LogP) is 5.72. The molecular weight excluding hydrogens is 420 g/mol. The fourth-order valence-corrected chi connectivity index (χ4v) is 4.52. The van der Waals surface area contributed by atoms with Gasteiger partial charge in [-0.1, -0.05) is 71.2 Å². The Hall–Kier alpha value is -2.34. The molecule has 0 heterocycles. The van der Waals surface area contributed by atoms with Crippen molar-refractivity contribution in [3.63, 3.8) is 0 Å². The van der Waals surface area contributed by atoms with Gasteiger partial charge in [-0.3, -0.25) is 9.10 Å². The Morgan fingerprint density at radius 1 is 1.00 bits per heavy atom. The van der Waals surface area contributed by atoms with Crippen LogP contribution >= 0.6 is 0 Å². The maximum atomic E-state index is 12.5. The van der Waals surface area contributed by atoms with Gasteiger partial charge in [0.05, 0.1) is 18.5 Å². The molecule has 0 radical (unpaired) electrons. The number of nitrogens with one attached hydrogen (secondary N) is 1. The summed E-state index contributed by atoms with van der Waals surface area (Å²) in [5.41, 5.74) is 3.22. The van der Waals surface area contributed by atoms with E-state index in [0.29, 0.717) is 29.6 Å². The summed E-state index contributed by atoms with van der Waals surface area (Å²) in [6, 6.07) is 14.8. The van der Waals surface area contributed by atoms with E-state index in [1.807, 2.05) is 36.4 Å². The van der Waals surface area contributed by atoms with E-state index in [4.69, 9.17) is 0 Å². The Balaban J connectivity index is 2.07. The SMILES string of the molecule is CCCC[C@@H](CC)CNC(=O)c1ccc(CN(c2ccc(C(C)C)cc2)S(C)(=O)=O)cc1. The third-order valence-electron chi connectivity index (χ3n) is 5.88. The summed E-state index contributed by atoms with van der Waals surface area (Å²) in [5.74, 6) is 0.799. The second kappa shape index (κ2) is 12.0. The number of anilines is 1. The van der Waals surface area contributed by atoms with E-state index in [2.05, 4.69) is 33.0 Å². The smallest absolute Gasteiger partial charge is 0.251 e. The molecule has 1 N–H and O–H groups in total.